The number of hydrogen-bond donors (Lipinski definition) is 0. The minimum absolute atomic E-state index is 0.231. The first-order valence-electron chi connectivity index (χ1n) is 9.62. The van der Waals surface area contributed by atoms with Crippen LogP contribution in [0.1, 0.15) is 60.5 Å². The molecule has 3 rings (SSSR count). The normalized spacial score (nSPS) is 12.7. The number of nitrogens with zero attached hydrogens (tertiary/aromatic N) is 3. The van der Waals surface area contributed by atoms with Gasteiger partial charge in [-0.05, 0) is 50.3 Å². The zero-order valence-electron chi connectivity index (χ0n) is 16.2. The number of carbonyl (C=O) groups excluding carboxylic acids is 1. The minimum atomic E-state index is -0.244. The number of ether oxygens (including phenoxy) is 1. The summed E-state index contributed by atoms with van der Waals surface area (Å²) in [6.07, 6.45) is 5.00. The zero-order valence-corrected chi connectivity index (χ0v) is 17.0. The molecule has 1 heterocycles. The molecule has 0 bridgehead atoms. The molecule has 1 aliphatic carbocycles. The molecule has 0 fully saturated rings. The third kappa shape index (κ3) is 4.08. The summed E-state index contributed by atoms with van der Waals surface area (Å²) in [5, 5.41) is 0.351. The first kappa shape index (κ1) is 19.6. The Labute approximate surface area is 165 Å². The molecule has 0 unspecified atom stereocenters. The van der Waals surface area contributed by atoms with E-state index >= 15 is 0 Å². The summed E-state index contributed by atoms with van der Waals surface area (Å²) in [6, 6.07) is 5.05. The van der Waals surface area contributed by atoms with Gasteiger partial charge in [0.2, 0.25) is 11.6 Å². The van der Waals surface area contributed by atoms with E-state index in [1.807, 2.05) is 0 Å². The third-order valence-corrected chi connectivity index (χ3v) is 5.13. The standard InChI is InChI=1S/C21H26ClN3O2/c1-4-11-25(12-5-2)21-16-7-6-8-18(16)23-20(24-21)19(26)15-10-9-14(27-3)13-17(15)22/h9-10,13H,4-8,11-12H2,1-3H3. The lowest BCUT2D eigenvalue weighted by atomic mass is 10.1. The molecule has 2 aromatic rings. The number of anilines is 1. The largest absolute Gasteiger partial charge is 0.497 e. The Morgan fingerprint density at radius 3 is 2.56 bits per heavy atom. The van der Waals surface area contributed by atoms with Crippen molar-refractivity contribution in [3.63, 3.8) is 0 Å². The van der Waals surface area contributed by atoms with Crippen molar-refractivity contribution in [2.45, 2.75) is 46.0 Å². The Balaban J connectivity index is 2.03. The van der Waals surface area contributed by atoms with E-state index in [-0.39, 0.29) is 11.6 Å². The number of aryl methyl sites for hydroxylation is 1. The molecule has 0 amide bonds. The van der Waals surface area contributed by atoms with Gasteiger partial charge in [-0.15, -0.1) is 0 Å². The molecule has 27 heavy (non-hydrogen) atoms. The first-order chi connectivity index (χ1) is 13.1. The number of benzene rings is 1. The van der Waals surface area contributed by atoms with Crippen LogP contribution in [0.4, 0.5) is 5.82 Å². The quantitative estimate of drug-likeness (QED) is 0.625. The van der Waals surface area contributed by atoms with E-state index in [9.17, 15) is 4.79 Å². The summed E-state index contributed by atoms with van der Waals surface area (Å²) >= 11 is 6.31. The second-order valence-electron chi connectivity index (χ2n) is 6.81. The molecule has 1 aromatic heterocycles. The van der Waals surface area contributed by atoms with Gasteiger partial charge in [0.15, 0.2) is 0 Å². The van der Waals surface area contributed by atoms with Crippen LogP contribution in [0.2, 0.25) is 5.02 Å². The average Bonchev–Trinajstić information content (AvgIpc) is 3.15. The van der Waals surface area contributed by atoms with Crippen molar-refractivity contribution in [1.29, 1.82) is 0 Å². The zero-order chi connectivity index (χ0) is 19.4. The van der Waals surface area contributed by atoms with E-state index in [0.717, 1.165) is 56.7 Å². The van der Waals surface area contributed by atoms with Gasteiger partial charge in [-0.25, -0.2) is 9.97 Å². The molecule has 1 aromatic carbocycles. The van der Waals surface area contributed by atoms with Crippen molar-refractivity contribution in [1.82, 2.24) is 9.97 Å². The second-order valence-corrected chi connectivity index (χ2v) is 7.22. The Morgan fingerprint density at radius 2 is 1.93 bits per heavy atom. The van der Waals surface area contributed by atoms with E-state index in [1.165, 1.54) is 5.56 Å². The lowest BCUT2D eigenvalue weighted by molar-refractivity contribution is 0.102. The molecular weight excluding hydrogens is 362 g/mol. The van der Waals surface area contributed by atoms with Gasteiger partial charge in [-0.2, -0.15) is 0 Å². The summed E-state index contributed by atoms with van der Waals surface area (Å²) in [6.45, 7) is 6.17. The van der Waals surface area contributed by atoms with Crippen LogP contribution in [0.15, 0.2) is 18.2 Å². The Bertz CT molecular complexity index is 832. The SMILES string of the molecule is CCCN(CCC)c1nc(C(=O)c2ccc(OC)cc2Cl)nc2c1CCC2. The number of rotatable bonds is 8. The maximum atomic E-state index is 13.1. The van der Waals surface area contributed by atoms with Gasteiger partial charge >= 0.3 is 0 Å². The predicted molar refractivity (Wildman–Crippen MR) is 108 cm³/mol. The molecular formula is C21H26ClN3O2. The maximum absolute atomic E-state index is 13.1. The number of ketones is 1. The van der Waals surface area contributed by atoms with E-state index in [1.54, 1.807) is 25.3 Å². The fraction of sp³-hybridized carbons (Fsp3) is 0.476. The highest BCUT2D eigenvalue weighted by molar-refractivity contribution is 6.34. The van der Waals surface area contributed by atoms with Crippen LogP contribution in [-0.4, -0.2) is 36.0 Å². The number of hydrogen-bond acceptors (Lipinski definition) is 5. The summed E-state index contributed by atoms with van der Waals surface area (Å²) in [4.78, 5) is 24.7. The highest BCUT2D eigenvalue weighted by Crippen LogP contribution is 2.31. The second kappa shape index (κ2) is 8.70. The van der Waals surface area contributed by atoms with Crippen molar-refractivity contribution in [3.05, 3.63) is 45.9 Å². The molecule has 0 spiro atoms. The lowest BCUT2D eigenvalue weighted by Crippen LogP contribution is -2.28. The van der Waals surface area contributed by atoms with Crippen molar-refractivity contribution < 1.29 is 9.53 Å². The lowest BCUT2D eigenvalue weighted by Gasteiger charge is -2.25. The van der Waals surface area contributed by atoms with E-state index in [4.69, 9.17) is 21.3 Å². The molecule has 6 heteroatoms. The molecule has 5 nitrogen and oxygen atoms in total. The highest BCUT2D eigenvalue weighted by Gasteiger charge is 2.26. The number of fused-ring (bicyclic) bond motifs is 1. The fourth-order valence-electron chi connectivity index (χ4n) is 3.57. The van der Waals surface area contributed by atoms with Crippen LogP contribution in [0.25, 0.3) is 0 Å². The predicted octanol–water partition coefficient (Wildman–Crippen LogP) is 4.48. The van der Waals surface area contributed by atoms with Crippen molar-refractivity contribution in [2.75, 3.05) is 25.1 Å². The van der Waals surface area contributed by atoms with Crippen molar-refractivity contribution in [2.24, 2.45) is 0 Å². The molecule has 0 aliphatic heterocycles. The third-order valence-electron chi connectivity index (χ3n) is 4.82. The van der Waals surface area contributed by atoms with Crippen LogP contribution in [-0.2, 0) is 12.8 Å². The Morgan fingerprint density at radius 1 is 1.19 bits per heavy atom. The van der Waals surface area contributed by atoms with E-state index in [2.05, 4.69) is 23.7 Å². The van der Waals surface area contributed by atoms with Crippen molar-refractivity contribution >= 4 is 23.2 Å². The molecule has 0 N–H and O–H groups in total. The first-order valence-corrected chi connectivity index (χ1v) is 9.99. The Hall–Kier alpha value is -2.14. The molecule has 144 valence electrons. The van der Waals surface area contributed by atoms with E-state index in [0.29, 0.717) is 16.3 Å². The summed E-state index contributed by atoms with van der Waals surface area (Å²) in [5.74, 6) is 1.53. The van der Waals surface area contributed by atoms with Gasteiger partial charge in [-0.3, -0.25) is 4.79 Å². The van der Waals surface area contributed by atoms with Gasteiger partial charge in [0, 0.05) is 29.9 Å². The van der Waals surface area contributed by atoms with E-state index < -0.39 is 0 Å². The number of methoxy groups -OCH3 is 1. The average molecular weight is 388 g/mol. The Kier molecular flexibility index (Phi) is 6.32. The summed E-state index contributed by atoms with van der Waals surface area (Å²) < 4.78 is 5.17. The molecule has 1 aliphatic rings. The highest BCUT2D eigenvalue weighted by atomic mass is 35.5. The van der Waals surface area contributed by atoms with Gasteiger partial charge in [0.25, 0.3) is 0 Å². The number of aromatic nitrogens is 2. The minimum Gasteiger partial charge on any atom is -0.497 e. The van der Waals surface area contributed by atoms with Gasteiger partial charge in [0.05, 0.1) is 12.1 Å². The summed E-state index contributed by atoms with van der Waals surface area (Å²) in [5.41, 5.74) is 2.61. The van der Waals surface area contributed by atoms with Gasteiger partial charge in [-0.1, -0.05) is 25.4 Å². The van der Waals surface area contributed by atoms with Crippen molar-refractivity contribution in [3.8, 4) is 5.75 Å². The van der Waals surface area contributed by atoms with Crippen LogP contribution in [0.5, 0.6) is 5.75 Å². The van der Waals surface area contributed by atoms with Crippen LogP contribution in [0, 0.1) is 0 Å². The smallest absolute Gasteiger partial charge is 0.231 e. The molecule has 0 saturated heterocycles. The topological polar surface area (TPSA) is 55.3 Å². The van der Waals surface area contributed by atoms with Gasteiger partial charge in [0.1, 0.15) is 11.6 Å². The number of halogens is 1. The summed E-state index contributed by atoms with van der Waals surface area (Å²) in [7, 11) is 1.57. The van der Waals surface area contributed by atoms with Crippen LogP contribution >= 0.6 is 11.6 Å². The van der Waals surface area contributed by atoms with Gasteiger partial charge < -0.3 is 9.64 Å². The monoisotopic (exact) mass is 387 g/mol. The molecule has 0 saturated carbocycles. The number of carbonyl (C=O) groups is 1. The maximum Gasteiger partial charge on any atom is 0.231 e. The van der Waals surface area contributed by atoms with Crippen LogP contribution < -0.4 is 9.64 Å². The van der Waals surface area contributed by atoms with Crippen LogP contribution in [0.3, 0.4) is 0 Å². The molecule has 0 atom stereocenters. The molecule has 0 radical (unpaired) electrons. The fourth-order valence-corrected chi connectivity index (χ4v) is 3.82.